The zero-order chi connectivity index (χ0) is 15.2. The molecule has 0 amide bonds. The first kappa shape index (κ1) is 19.4. The van der Waals surface area contributed by atoms with Gasteiger partial charge in [-0.3, -0.25) is 0 Å². The maximum absolute atomic E-state index is 4.72. The smallest absolute Gasteiger partial charge is 0.194 e. The van der Waals surface area contributed by atoms with Crippen LogP contribution >= 0.6 is 46.7 Å². The Morgan fingerprint density at radius 3 is 2.68 bits per heavy atom. The van der Waals surface area contributed by atoms with Crippen molar-refractivity contribution in [3.05, 3.63) is 38.0 Å². The van der Waals surface area contributed by atoms with Gasteiger partial charge in [0.2, 0.25) is 0 Å². The number of thiophene rings is 1. The molecule has 0 saturated carbocycles. The second-order valence-electron chi connectivity index (χ2n) is 4.90. The summed E-state index contributed by atoms with van der Waals surface area (Å²) in [6.45, 7) is 8.61. The van der Waals surface area contributed by atoms with Gasteiger partial charge in [-0.1, -0.05) is 0 Å². The van der Waals surface area contributed by atoms with Crippen LogP contribution in [0.5, 0.6) is 0 Å². The SMILES string of the molecule is CCNC(=NCc1ccc(C)s1)N(C)Cc1csc(C)n1.I. The Bertz CT molecular complexity index is 606. The van der Waals surface area contributed by atoms with E-state index in [-0.39, 0.29) is 24.0 Å². The molecule has 0 radical (unpaired) electrons. The first-order valence-electron chi connectivity index (χ1n) is 7.04. The Labute approximate surface area is 157 Å². The van der Waals surface area contributed by atoms with E-state index in [2.05, 4.69) is 53.6 Å². The lowest BCUT2D eigenvalue weighted by atomic mass is 10.4. The number of aryl methyl sites for hydroxylation is 2. The largest absolute Gasteiger partial charge is 0.357 e. The van der Waals surface area contributed by atoms with Crippen LogP contribution in [0, 0.1) is 13.8 Å². The molecule has 2 rings (SSSR count). The van der Waals surface area contributed by atoms with Gasteiger partial charge in [-0.15, -0.1) is 46.7 Å². The van der Waals surface area contributed by atoms with Crippen molar-refractivity contribution in [3.63, 3.8) is 0 Å². The Balaban J connectivity index is 0.00000242. The second kappa shape index (κ2) is 9.46. The topological polar surface area (TPSA) is 40.5 Å². The molecule has 0 bridgehead atoms. The quantitative estimate of drug-likeness (QED) is 0.425. The predicted molar refractivity (Wildman–Crippen MR) is 108 cm³/mol. The van der Waals surface area contributed by atoms with E-state index in [0.29, 0.717) is 0 Å². The fourth-order valence-electron chi connectivity index (χ4n) is 1.99. The van der Waals surface area contributed by atoms with Crippen LogP contribution in [0.2, 0.25) is 0 Å². The standard InChI is InChI=1S/C15H22N4S2.HI/c1-5-16-15(17-8-14-7-6-11(2)21-14)19(4)9-13-10-20-12(3)18-13;/h6-7,10H,5,8-9H2,1-4H3,(H,16,17);1H. The van der Waals surface area contributed by atoms with Gasteiger partial charge in [0.25, 0.3) is 0 Å². The maximum atomic E-state index is 4.72. The monoisotopic (exact) mass is 450 g/mol. The summed E-state index contributed by atoms with van der Waals surface area (Å²) in [6, 6.07) is 4.29. The summed E-state index contributed by atoms with van der Waals surface area (Å²) >= 11 is 3.49. The molecule has 1 N–H and O–H groups in total. The van der Waals surface area contributed by atoms with E-state index in [0.717, 1.165) is 36.3 Å². The summed E-state index contributed by atoms with van der Waals surface area (Å²) < 4.78 is 0. The van der Waals surface area contributed by atoms with Gasteiger partial charge in [0, 0.05) is 28.7 Å². The molecular formula is C15H23IN4S2. The number of nitrogens with zero attached hydrogens (tertiary/aromatic N) is 3. The molecule has 2 aromatic heterocycles. The van der Waals surface area contributed by atoms with Crippen LogP contribution in [0.3, 0.4) is 0 Å². The fraction of sp³-hybridized carbons (Fsp3) is 0.467. The van der Waals surface area contributed by atoms with Gasteiger partial charge in [0.1, 0.15) is 0 Å². The number of aromatic nitrogens is 1. The average molecular weight is 450 g/mol. The third-order valence-electron chi connectivity index (χ3n) is 2.94. The molecule has 0 atom stereocenters. The van der Waals surface area contributed by atoms with E-state index in [4.69, 9.17) is 4.99 Å². The third-order valence-corrected chi connectivity index (χ3v) is 4.75. The molecule has 0 unspecified atom stereocenters. The molecule has 22 heavy (non-hydrogen) atoms. The molecule has 2 heterocycles. The summed E-state index contributed by atoms with van der Waals surface area (Å²) in [5.41, 5.74) is 1.09. The maximum Gasteiger partial charge on any atom is 0.194 e. The van der Waals surface area contributed by atoms with Crippen molar-refractivity contribution in [1.82, 2.24) is 15.2 Å². The molecule has 7 heteroatoms. The number of halogens is 1. The molecule has 0 aliphatic heterocycles. The Morgan fingerprint density at radius 2 is 2.14 bits per heavy atom. The number of guanidine groups is 1. The lowest BCUT2D eigenvalue weighted by Crippen LogP contribution is -2.38. The van der Waals surface area contributed by atoms with Gasteiger partial charge in [-0.05, 0) is 32.9 Å². The number of rotatable bonds is 5. The van der Waals surface area contributed by atoms with E-state index >= 15 is 0 Å². The minimum absolute atomic E-state index is 0. The fourth-order valence-corrected chi connectivity index (χ4v) is 3.41. The minimum Gasteiger partial charge on any atom is -0.357 e. The molecule has 0 aliphatic rings. The molecule has 0 aromatic carbocycles. The number of hydrogen-bond donors (Lipinski definition) is 1. The minimum atomic E-state index is 0. The first-order chi connectivity index (χ1) is 10.1. The van der Waals surface area contributed by atoms with Crippen molar-refractivity contribution in [1.29, 1.82) is 0 Å². The van der Waals surface area contributed by atoms with Gasteiger partial charge >= 0.3 is 0 Å². The third kappa shape index (κ3) is 5.85. The second-order valence-corrected chi connectivity index (χ2v) is 7.33. The zero-order valence-electron chi connectivity index (χ0n) is 13.4. The van der Waals surface area contributed by atoms with Crippen molar-refractivity contribution >= 4 is 52.6 Å². The normalized spacial score (nSPS) is 11.2. The van der Waals surface area contributed by atoms with E-state index in [1.807, 2.05) is 6.92 Å². The molecule has 122 valence electrons. The summed E-state index contributed by atoms with van der Waals surface area (Å²) in [5.74, 6) is 0.925. The van der Waals surface area contributed by atoms with Crippen molar-refractivity contribution in [2.45, 2.75) is 33.9 Å². The van der Waals surface area contributed by atoms with Crippen LogP contribution in [0.4, 0.5) is 0 Å². The molecule has 4 nitrogen and oxygen atoms in total. The van der Waals surface area contributed by atoms with E-state index in [1.165, 1.54) is 9.75 Å². The highest BCUT2D eigenvalue weighted by atomic mass is 127. The Kier molecular flexibility index (Phi) is 8.34. The van der Waals surface area contributed by atoms with Crippen molar-refractivity contribution in [2.75, 3.05) is 13.6 Å². The molecule has 0 aliphatic carbocycles. The predicted octanol–water partition coefficient (Wildman–Crippen LogP) is 4.04. The highest BCUT2D eigenvalue weighted by Gasteiger charge is 2.08. The molecule has 0 spiro atoms. The van der Waals surface area contributed by atoms with Crippen LogP contribution in [0.25, 0.3) is 0 Å². The number of thiazole rings is 1. The van der Waals surface area contributed by atoms with Gasteiger partial charge in [-0.25, -0.2) is 9.98 Å². The molecular weight excluding hydrogens is 427 g/mol. The lowest BCUT2D eigenvalue weighted by molar-refractivity contribution is 0.471. The van der Waals surface area contributed by atoms with Gasteiger partial charge < -0.3 is 10.2 Å². The van der Waals surface area contributed by atoms with Crippen LogP contribution in [0.15, 0.2) is 22.5 Å². The van der Waals surface area contributed by atoms with Gasteiger partial charge in [0.05, 0.1) is 23.8 Å². The average Bonchev–Trinajstić information content (AvgIpc) is 3.03. The highest BCUT2D eigenvalue weighted by molar-refractivity contribution is 14.0. The highest BCUT2D eigenvalue weighted by Crippen LogP contribution is 2.16. The Morgan fingerprint density at radius 1 is 1.36 bits per heavy atom. The van der Waals surface area contributed by atoms with Gasteiger partial charge in [-0.2, -0.15) is 0 Å². The summed E-state index contributed by atoms with van der Waals surface area (Å²) in [7, 11) is 2.05. The molecule has 0 fully saturated rings. The van der Waals surface area contributed by atoms with Crippen LogP contribution in [0.1, 0.15) is 27.4 Å². The lowest BCUT2D eigenvalue weighted by Gasteiger charge is -2.21. The zero-order valence-corrected chi connectivity index (χ0v) is 17.4. The van der Waals surface area contributed by atoms with Crippen LogP contribution in [-0.4, -0.2) is 29.4 Å². The Hall–Kier alpha value is -0.670. The van der Waals surface area contributed by atoms with E-state index in [1.54, 1.807) is 22.7 Å². The summed E-state index contributed by atoms with van der Waals surface area (Å²) in [4.78, 5) is 14.0. The van der Waals surface area contributed by atoms with Crippen molar-refractivity contribution < 1.29 is 0 Å². The first-order valence-corrected chi connectivity index (χ1v) is 8.74. The number of nitrogens with one attached hydrogen (secondary N) is 1. The summed E-state index contributed by atoms with van der Waals surface area (Å²) in [6.07, 6.45) is 0. The number of aliphatic imine (C=N–C) groups is 1. The molecule has 0 saturated heterocycles. The van der Waals surface area contributed by atoms with Crippen molar-refractivity contribution in [2.24, 2.45) is 4.99 Å². The van der Waals surface area contributed by atoms with E-state index < -0.39 is 0 Å². The number of hydrogen-bond acceptors (Lipinski definition) is 4. The van der Waals surface area contributed by atoms with Crippen LogP contribution < -0.4 is 5.32 Å². The van der Waals surface area contributed by atoms with Crippen molar-refractivity contribution in [3.8, 4) is 0 Å². The van der Waals surface area contributed by atoms with E-state index in [9.17, 15) is 0 Å². The van der Waals surface area contributed by atoms with Crippen LogP contribution in [-0.2, 0) is 13.1 Å². The summed E-state index contributed by atoms with van der Waals surface area (Å²) in [5, 5.41) is 6.56. The molecule has 2 aromatic rings. The van der Waals surface area contributed by atoms with Gasteiger partial charge in [0.15, 0.2) is 5.96 Å².